The summed E-state index contributed by atoms with van der Waals surface area (Å²) in [7, 11) is 0. The molecule has 1 aliphatic rings. The summed E-state index contributed by atoms with van der Waals surface area (Å²) in [6.07, 6.45) is 8.29. The molecule has 16 heavy (non-hydrogen) atoms. The van der Waals surface area contributed by atoms with E-state index in [1.807, 2.05) is 24.3 Å². The van der Waals surface area contributed by atoms with Gasteiger partial charge in [0.1, 0.15) is 0 Å². The van der Waals surface area contributed by atoms with Crippen molar-refractivity contribution in [1.29, 1.82) is 0 Å². The van der Waals surface area contributed by atoms with Crippen LogP contribution in [0.1, 0.15) is 25.3 Å². The lowest BCUT2D eigenvalue weighted by Gasteiger charge is -2.26. The van der Waals surface area contributed by atoms with Crippen LogP contribution in [0.25, 0.3) is 5.57 Å². The van der Waals surface area contributed by atoms with E-state index in [1.54, 1.807) is 0 Å². The van der Waals surface area contributed by atoms with Crippen LogP contribution in [0.15, 0.2) is 42.5 Å². The highest BCUT2D eigenvalue weighted by molar-refractivity contribution is 5.76. The minimum absolute atomic E-state index is 0.155. The first-order valence-corrected chi connectivity index (χ1v) is 5.67. The van der Waals surface area contributed by atoms with E-state index in [2.05, 4.69) is 25.2 Å². The normalized spacial score (nSPS) is 24.2. The van der Waals surface area contributed by atoms with Crippen molar-refractivity contribution in [3.05, 3.63) is 48.1 Å². The van der Waals surface area contributed by atoms with Crippen molar-refractivity contribution in [2.75, 3.05) is 5.73 Å². The molecule has 0 spiro atoms. The second-order valence-corrected chi connectivity index (χ2v) is 4.41. The topological polar surface area (TPSA) is 52.0 Å². The van der Waals surface area contributed by atoms with Gasteiger partial charge in [-0.25, -0.2) is 0 Å². The fraction of sp³-hybridized carbons (Fsp3) is 0.286. The molecule has 0 bridgehead atoms. The lowest BCUT2D eigenvalue weighted by Crippen LogP contribution is -2.37. The molecule has 1 atom stereocenters. The van der Waals surface area contributed by atoms with E-state index in [4.69, 9.17) is 11.5 Å². The number of hydrogen-bond acceptors (Lipinski definition) is 2. The second kappa shape index (κ2) is 4.14. The summed E-state index contributed by atoms with van der Waals surface area (Å²) < 4.78 is 0. The van der Waals surface area contributed by atoms with Crippen molar-refractivity contribution in [2.45, 2.75) is 25.3 Å². The first-order valence-electron chi connectivity index (χ1n) is 5.67. The largest absolute Gasteiger partial charge is 0.399 e. The average molecular weight is 214 g/mol. The van der Waals surface area contributed by atoms with E-state index in [9.17, 15) is 0 Å². The molecule has 0 aromatic heterocycles. The zero-order valence-electron chi connectivity index (χ0n) is 9.61. The van der Waals surface area contributed by atoms with Gasteiger partial charge in [0.25, 0.3) is 0 Å². The van der Waals surface area contributed by atoms with Crippen LogP contribution < -0.4 is 11.5 Å². The molecule has 2 rings (SSSR count). The molecular formula is C14H18N2. The van der Waals surface area contributed by atoms with Crippen molar-refractivity contribution in [2.24, 2.45) is 5.73 Å². The summed E-state index contributed by atoms with van der Waals surface area (Å²) in [5.41, 5.74) is 14.9. The predicted molar refractivity (Wildman–Crippen MR) is 69.8 cm³/mol. The van der Waals surface area contributed by atoms with Gasteiger partial charge in [-0.1, -0.05) is 37.3 Å². The molecule has 0 aliphatic heterocycles. The number of benzene rings is 1. The van der Waals surface area contributed by atoms with Gasteiger partial charge in [0.05, 0.1) is 0 Å². The first kappa shape index (κ1) is 11.0. The minimum Gasteiger partial charge on any atom is -0.399 e. The van der Waals surface area contributed by atoms with Crippen LogP contribution in [0.4, 0.5) is 5.69 Å². The maximum absolute atomic E-state index is 6.17. The number of nitrogens with two attached hydrogens (primary N) is 2. The molecule has 2 heteroatoms. The molecule has 0 amide bonds. The van der Waals surface area contributed by atoms with Crippen LogP contribution in [0.5, 0.6) is 0 Å². The van der Waals surface area contributed by atoms with Crippen LogP contribution in [0, 0.1) is 0 Å². The van der Waals surface area contributed by atoms with Gasteiger partial charge in [-0.3, -0.25) is 0 Å². The fourth-order valence-electron chi connectivity index (χ4n) is 1.84. The fourth-order valence-corrected chi connectivity index (χ4v) is 1.84. The second-order valence-electron chi connectivity index (χ2n) is 4.41. The Balaban J connectivity index is 2.20. The lowest BCUT2D eigenvalue weighted by atomic mass is 9.86. The Labute approximate surface area is 96.6 Å². The Bertz CT molecular complexity index is 429. The summed E-state index contributed by atoms with van der Waals surface area (Å²) in [6, 6.07) is 7.93. The van der Waals surface area contributed by atoms with Crippen molar-refractivity contribution < 1.29 is 0 Å². The molecule has 0 saturated carbocycles. The third kappa shape index (κ3) is 2.17. The van der Waals surface area contributed by atoms with Crippen LogP contribution in [-0.2, 0) is 0 Å². The number of hydrogen-bond donors (Lipinski definition) is 2. The highest BCUT2D eigenvalue weighted by atomic mass is 14.7. The summed E-state index contributed by atoms with van der Waals surface area (Å²) in [6.45, 7) is 2.12. The molecule has 4 N–H and O–H groups in total. The van der Waals surface area contributed by atoms with Crippen LogP contribution >= 0.6 is 0 Å². The molecule has 1 aromatic rings. The maximum Gasteiger partial charge on any atom is 0.0374 e. The van der Waals surface area contributed by atoms with Gasteiger partial charge in [0.2, 0.25) is 0 Å². The van der Waals surface area contributed by atoms with Crippen molar-refractivity contribution in [3.63, 3.8) is 0 Å². The van der Waals surface area contributed by atoms with Crippen LogP contribution in [0.3, 0.4) is 0 Å². The third-order valence-corrected chi connectivity index (χ3v) is 3.20. The monoisotopic (exact) mass is 214 g/mol. The first-order chi connectivity index (χ1) is 7.63. The summed E-state index contributed by atoms with van der Waals surface area (Å²) in [5, 5.41) is 0. The van der Waals surface area contributed by atoms with Crippen molar-refractivity contribution in [3.8, 4) is 0 Å². The van der Waals surface area contributed by atoms with Gasteiger partial charge in [0, 0.05) is 11.2 Å². The Morgan fingerprint density at radius 2 is 1.94 bits per heavy atom. The summed E-state index contributed by atoms with van der Waals surface area (Å²) >= 11 is 0. The Morgan fingerprint density at radius 1 is 1.25 bits per heavy atom. The van der Waals surface area contributed by atoms with Crippen molar-refractivity contribution in [1.82, 2.24) is 0 Å². The van der Waals surface area contributed by atoms with Crippen molar-refractivity contribution >= 4 is 11.3 Å². The zero-order valence-corrected chi connectivity index (χ0v) is 9.61. The van der Waals surface area contributed by atoms with Gasteiger partial charge < -0.3 is 11.5 Å². The van der Waals surface area contributed by atoms with E-state index in [0.717, 1.165) is 18.5 Å². The molecule has 1 aromatic carbocycles. The summed E-state index contributed by atoms with van der Waals surface area (Å²) in [5.74, 6) is 0. The molecular weight excluding hydrogens is 196 g/mol. The Kier molecular flexibility index (Phi) is 2.84. The van der Waals surface area contributed by atoms with Gasteiger partial charge in [-0.2, -0.15) is 0 Å². The minimum atomic E-state index is -0.155. The molecule has 2 nitrogen and oxygen atoms in total. The Hall–Kier alpha value is -1.54. The average Bonchev–Trinajstić information content (AvgIpc) is 2.32. The van der Waals surface area contributed by atoms with Gasteiger partial charge in [-0.05, 0) is 36.1 Å². The number of nitrogen functional groups attached to an aromatic ring is 1. The van der Waals surface area contributed by atoms with Crippen LogP contribution in [0.2, 0.25) is 0 Å². The SMILES string of the molecule is CCC1(N)C=CC(c2ccc(N)cc2)=CC1. The molecule has 0 saturated heterocycles. The highest BCUT2D eigenvalue weighted by Gasteiger charge is 2.20. The smallest absolute Gasteiger partial charge is 0.0374 e. The van der Waals surface area contributed by atoms with Crippen LogP contribution in [-0.4, -0.2) is 5.54 Å². The molecule has 1 unspecified atom stereocenters. The Morgan fingerprint density at radius 3 is 2.44 bits per heavy atom. The zero-order chi connectivity index (χ0) is 11.6. The number of rotatable bonds is 2. The van der Waals surface area contributed by atoms with E-state index in [1.165, 1.54) is 11.1 Å². The number of allylic oxidation sites excluding steroid dienone is 2. The van der Waals surface area contributed by atoms with E-state index >= 15 is 0 Å². The molecule has 84 valence electrons. The third-order valence-electron chi connectivity index (χ3n) is 3.20. The summed E-state index contributed by atoms with van der Waals surface area (Å²) in [4.78, 5) is 0. The lowest BCUT2D eigenvalue weighted by molar-refractivity contribution is 0.514. The van der Waals surface area contributed by atoms with E-state index in [-0.39, 0.29) is 5.54 Å². The quantitative estimate of drug-likeness (QED) is 0.744. The highest BCUT2D eigenvalue weighted by Crippen LogP contribution is 2.27. The molecule has 0 radical (unpaired) electrons. The van der Waals surface area contributed by atoms with Gasteiger partial charge >= 0.3 is 0 Å². The molecule has 0 heterocycles. The number of anilines is 1. The standard InChI is InChI=1S/C14H18N2/c1-2-14(16)9-7-12(8-10-14)11-3-5-13(15)6-4-11/h3-9H,2,10,15-16H2,1H3. The van der Waals surface area contributed by atoms with E-state index in [0.29, 0.717) is 0 Å². The molecule has 1 aliphatic carbocycles. The maximum atomic E-state index is 6.17. The van der Waals surface area contributed by atoms with Gasteiger partial charge in [0.15, 0.2) is 0 Å². The predicted octanol–water partition coefficient (Wildman–Crippen LogP) is 2.72. The van der Waals surface area contributed by atoms with Gasteiger partial charge in [-0.15, -0.1) is 0 Å². The van der Waals surface area contributed by atoms with E-state index < -0.39 is 0 Å². The molecule has 0 fully saturated rings.